The van der Waals surface area contributed by atoms with Crippen LogP contribution < -0.4 is 24.8 Å². The van der Waals surface area contributed by atoms with E-state index in [-0.39, 0.29) is 52.2 Å². The number of halogens is 8. The van der Waals surface area contributed by atoms with Crippen LogP contribution >= 0.6 is 0 Å². The summed E-state index contributed by atoms with van der Waals surface area (Å²) in [5, 5.41) is 0. The second kappa shape index (κ2) is 19.1. The van der Waals surface area contributed by atoms with Gasteiger partial charge in [0.05, 0.1) is 0 Å². The molecule has 0 radical (unpaired) electrons. The van der Waals surface area contributed by atoms with Crippen LogP contribution in [-0.4, -0.2) is 3.21 Å². The molecule has 2 aliphatic carbocycles. The predicted octanol–water partition coefficient (Wildman–Crippen LogP) is 8.10. The number of alkyl halides is 6. The molecule has 0 fully saturated rings. The van der Waals surface area contributed by atoms with E-state index in [1.165, 1.54) is 63.2 Å². The Labute approximate surface area is 363 Å². The number of benzene rings is 4. The third-order valence-electron chi connectivity index (χ3n) is 9.86. The second-order valence-electron chi connectivity index (χ2n) is 17.8. The largest absolute Gasteiger partial charge is 1.00 e. The van der Waals surface area contributed by atoms with Crippen LogP contribution in [0.5, 0.6) is 0 Å². The third-order valence-corrected chi connectivity index (χ3v) is 11.3. The number of rotatable bonds is 3. The molecule has 1 atom stereocenters. The van der Waals surface area contributed by atoms with Gasteiger partial charge in [0, 0.05) is 0 Å². The first-order chi connectivity index (χ1) is 25.2. The first-order valence-electron chi connectivity index (χ1n) is 18.6. The molecule has 4 aromatic carbocycles. The zero-order valence-electron chi connectivity index (χ0n) is 34.5. The fraction of sp³-hybridized carbons (Fsp3) is 0.396. The van der Waals surface area contributed by atoms with Crippen LogP contribution in [0.15, 0.2) is 96.6 Å². The summed E-state index contributed by atoms with van der Waals surface area (Å²) in [4.78, 5) is 0. The van der Waals surface area contributed by atoms with Crippen molar-refractivity contribution in [3.8, 4) is 11.1 Å². The van der Waals surface area contributed by atoms with Crippen molar-refractivity contribution in [1.82, 2.24) is 0 Å². The van der Waals surface area contributed by atoms with Gasteiger partial charge in [-0.15, -0.1) is 5.56 Å². The minimum atomic E-state index is -4.49. The standard InChI is InChI=1S/C21H25.C15H8F6.C12H19.2ClH.Zr/c1-20(2,3)16-9-7-14-11-15-8-10-17(21(4,5)6)13-19(15)18(14)12-16;16-14(17,18)12-5-1-3-10(8-12)7-11-4-2-6-13(9-11)15(19,20)21;1-9(2)10-6-7-11(8-10)12(3,4)5;;;/h7,9-10,12-13H,11H2,1-6H3;1-6,8-9H;7-10H,1-5H3;2*1H;/q-1;;-1;;;+2/p-2. The summed E-state index contributed by atoms with van der Waals surface area (Å²) >= 11 is 0.729. The quantitative estimate of drug-likeness (QED) is 0.127. The molecule has 0 aliphatic heterocycles. The molecule has 0 bridgehead atoms. The van der Waals surface area contributed by atoms with Gasteiger partial charge in [0.1, 0.15) is 0 Å². The monoisotopic (exact) mass is 902 g/mol. The molecular formula is C48H52Cl2F6Zr-2. The van der Waals surface area contributed by atoms with Crippen LogP contribution in [0.4, 0.5) is 26.3 Å². The summed E-state index contributed by atoms with van der Waals surface area (Å²) in [5.41, 5.74) is 9.38. The Morgan fingerprint density at radius 3 is 1.53 bits per heavy atom. The Morgan fingerprint density at radius 2 is 1.12 bits per heavy atom. The molecule has 0 amide bonds. The Balaban J connectivity index is 0.000000302. The maximum atomic E-state index is 12.7. The molecule has 0 spiro atoms. The van der Waals surface area contributed by atoms with E-state index in [2.05, 4.69) is 131 Å². The van der Waals surface area contributed by atoms with Gasteiger partial charge in [0.2, 0.25) is 0 Å². The van der Waals surface area contributed by atoms with Crippen LogP contribution in [0.2, 0.25) is 0 Å². The average molecular weight is 905 g/mol. The molecular weight excluding hydrogens is 853 g/mol. The fourth-order valence-corrected chi connectivity index (χ4v) is 6.95. The number of fused-ring (bicyclic) bond motifs is 3. The SMILES string of the molecule is CC(C)(C)c1c[c-]c2c(c1)-c1cc(C(C)(C)C)ccc1C2.CC(C)C1[C-]=CC(C(C)(C)C)=C1.FC(F)(F)c1cccc([C](=[Zr+2])c2cccc(C(F)(F)F)c2)c1.[Cl-].[Cl-]. The molecule has 2 aliphatic rings. The van der Waals surface area contributed by atoms with Gasteiger partial charge in [-0.2, -0.15) is 41.0 Å². The molecule has 0 heterocycles. The predicted molar refractivity (Wildman–Crippen MR) is 211 cm³/mol. The van der Waals surface area contributed by atoms with Gasteiger partial charge < -0.3 is 24.8 Å². The van der Waals surface area contributed by atoms with Crippen molar-refractivity contribution in [3.63, 3.8) is 0 Å². The minimum absolute atomic E-state index is 0. The van der Waals surface area contributed by atoms with Crippen LogP contribution in [0.3, 0.4) is 0 Å². The normalized spacial score (nSPS) is 14.9. The van der Waals surface area contributed by atoms with Gasteiger partial charge in [-0.3, -0.25) is 6.08 Å². The molecule has 57 heavy (non-hydrogen) atoms. The summed E-state index contributed by atoms with van der Waals surface area (Å²) < 4.78 is 76.7. The van der Waals surface area contributed by atoms with Gasteiger partial charge >= 0.3 is 137 Å². The minimum Gasteiger partial charge on any atom is -1.00 e. The zero-order valence-corrected chi connectivity index (χ0v) is 38.5. The van der Waals surface area contributed by atoms with Crippen LogP contribution in [0.25, 0.3) is 11.1 Å². The van der Waals surface area contributed by atoms with Crippen molar-refractivity contribution in [3.05, 3.63) is 153 Å². The molecule has 0 N–H and O–H groups in total. The molecule has 4 aromatic rings. The summed E-state index contributed by atoms with van der Waals surface area (Å²) in [7, 11) is 0. The Morgan fingerprint density at radius 1 is 0.632 bits per heavy atom. The van der Waals surface area contributed by atoms with Crippen molar-refractivity contribution in [1.29, 1.82) is 0 Å². The molecule has 306 valence electrons. The van der Waals surface area contributed by atoms with Crippen molar-refractivity contribution < 1.29 is 75.4 Å². The number of allylic oxidation sites excluding steroid dienone is 4. The molecule has 9 heteroatoms. The molecule has 0 saturated carbocycles. The Bertz CT molecular complexity index is 1950. The van der Waals surface area contributed by atoms with E-state index in [1.807, 2.05) is 0 Å². The maximum Gasteiger partial charge on any atom is -1.00 e. The molecule has 0 aromatic heterocycles. The second-order valence-corrected chi connectivity index (χ2v) is 19.0. The van der Waals surface area contributed by atoms with Gasteiger partial charge in [0.15, 0.2) is 0 Å². The molecule has 1 unspecified atom stereocenters. The van der Waals surface area contributed by atoms with E-state index in [4.69, 9.17) is 0 Å². The van der Waals surface area contributed by atoms with Crippen molar-refractivity contribution in [2.24, 2.45) is 17.3 Å². The van der Waals surface area contributed by atoms with Gasteiger partial charge in [-0.05, 0) is 17.4 Å². The fourth-order valence-electron chi connectivity index (χ4n) is 6.18. The van der Waals surface area contributed by atoms with E-state index < -0.39 is 23.5 Å². The third kappa shape index (κ3) is 13.4. The van der Waals surface area contributed by atoms with E-state index in [9.17, 15) is 26.3 Å². The van der Waals surface area contributed by atoms with Gasteiger partial charge in [-0.25, -0.2) is 6.08 Å². The summed E-state index contributed by atoms with van der Waals surface area (Å²) in [6, 6.07) is 24.2. The van der Waals surface area contributed by atoms with E-state index in [0.717, 1.165) is 54.9 Å². The summed E-state index contributed by atoms with van der Waals surface area (Å²) in [5.74, 6) is 1.22. The van der Waals surface area contributed by atoms with E-state index >= 15 is 0 Å². The Kier molecular flexibility index (Phi) is 16.9. The van der Waals surface area contributed by atoms with Crippen molar-refractivity contribution in [2.75, 3.05) is 0 Å². The van der Waals surface area contributed by atoms with Crippen LogP contribution in [0, 0.1) is 29.4 Å². The van der Waals surface area contributed by atoms with Crippen LogP contribution in [-0.2, 0) is 53.8 Å². The molecule has 0 saturated heterocycles. The van der Waals surface area contributed by atoms with E-state index in [0.29, 0.717) is 15.0 Å². The topological polar surface area (TPSA) is 0 Å². The van der Waals surface area contributed by atoms with Crippen LogP contribution in [0.1, 0.15) is 121 Å². The smallest absolute Gasteiger partial charge is 1.00 e. The van der Waals surface area contributed by atoms with Gasteiger partial charge in [0.25, 0.3) is 0 Å². The van der Waals surface area contributed by atoms with Gasteiger partial charge in [-0.1, -0.05) is 128 Å². The average Bonchev–Trinajstić information content (AvgIpc) is 3.73. The molecule has 6 rings (SSSR count). The first kappa shape index (κ1) is 50.4. The Hall–Kier alpha value is -2.73. The summed E-state index contributed by atoms with van der Waals surface area (Å²) in [6.45, 7) is 24.9. The zero-order chi connectivity index (χ0) is 41.3. The van der Waals surface area contributed by atoms with E-state index in [1.54, 1.807) is 0 Å². The maximum absolute atomic E-state index is 12.7. The number of hydrogen-bond acceptors (Lipinski definition) is 0. The summed E-state index contributed by atoms with van der Waals surface area (Å²) in [6.07, 6.45) is -0.0402. The molecule has 0 nitrogen and oxygen atoms in total. The van der Waals surface area contributed by atoms with Crippen molar-refractivity contribution >= 4 is 3.21 Å². The number of hydrogen-bond donors (Lipinski definition) is 0. The van der Waals surface area contributed by atoms with Crippen molar-refractivity contribution in [2.45, 2.75) is 106 Å². The first-order valence-corrected chi connectivity index (χ1v) is 19.8.